The summed E-state index contributed by atoms with van der Waals surface area (Å²) < 4.78 is 83.4. The summed E-state index contributed by atoms with van der Waals surface area (Å²) in [6.07, 6.45) is -2.47. The SMILES string of the molecule is Cn1c(OCC(F)(F)C(F)(F)F)ccc(-c2cn3cc(-c4ccc(F)cc4)ccc3n2)c1=O. The van der Waals surface area contributed by atoms with Gasteiger partial charge in [-0.15, -0.1) is 0 Å². The summed E-state index contributed by atoms with van der Waals surface area (Å²) >= 11 is 0. The van der Waals surface area contributed by atoms with Gasteiger partial charge in [0.15, 0.2) is 12.5 Å². The van der Waals surface area contributed by atoms with Crippen LogP contribution in [0.5, 0.6) is 5.88 Å². The second-order valence-electron chi connectivity index (χ2n) is 7.26. The maximum Gasteiger partial charge on any atom is 0.456 e. The fourth-order valence-corrected chi connectivity index (χ4v) is 3.14. The van der Waals surface area contributed by atoms with Gasteiger partial charge in [0.1, 0.15) is 11.5 Å². The lowest BCUT2D eigenvalue weighted by molar-refractivity contribution is -0.290. The first kappa shape index (κ1) is 22.4. The van der Waals surface area contributed by atoms with Crippen LogP contribution in [0.1, 0.15) is 0 Å². The van der Waals surface area contributed by atoms with Crippen LogP contribution in [0, 0.1) is 5.82 Å². The third kappa shape index (κ3) is 4.30. The Balaban J connectivity index is 1.63. The highest BCUT2D eigenvalue weighted by Gasteiger charge is 2.58. The number of rotatable bonds is 5. The van der Waals surface area contributed by atoms with Gasteiger partial charge >= 0.3 is 12.1 Å². The van der Waals surface area contributed by atoms with E-state index in [1.807, 2.05) is 0 Å². The molecule has 0 saturated heterocycles. The summed E-state index contributed by atoms with van der Waals surface area (Å²) in [5, 5.41) is 0. The van der Waals surface area contributed by atoms with Crippen molar-refractivity contribution < 1.29 is 31.1 Å². The van der Waals surface area contributed by atoms with Gasteiger partial charge in [-0.25, -0.2) is 9.37 Å². The summed E-state index contributed by atoms with van der Waals surface area (Å²) in [7, 11) is 1.19. The molecule has 5 nitrogen and oxygen atoms in total. The highest BCUT2D eigenvalue weighted by molar-refractivity contribution is 5.67. The summed E-state index contributed by atoms with van der Waals surface area (Å²) in [6.45, 7) is -1.95. The molecule has 1 aromatic carbocycles. The second kappa shape index (κ2) is 7.98. The number of hydrogen-bond donors (Lipinski definition) is 0. The number of pyridine rings is 2. The molecule has 3 aromatic heterocycles. The lowest BCUT2D eigenvalue weighted by Crippen LogP contribution is -2.42. The maximum atomic E-state index is 13.2. The summed E-state index contributed by atoms with van der Waals surface area (Å²) in [5.74, 6) is -5.88. The van der Waals surface area contributed by atoms with Gasteiger partial charge in [0.2, 0.25) is 0 Å². The van der Waals surface area contributed by atoms with E-state index in [1.54, 1.807) is 41.1 Å². The Kier molecular flexibility index (Phi) is 5.43. The van der Waals surface area contributed by atoms with E-state index in [9.17, 15) is 31.1 Å². The third-order valence-electron chi connectivity index (χ3n) is 4.98. The molecule has 0 amide bonds. The molecule has 0 unspecified atom stereocenters. The number of ether oxygens (including phenoxy) is 1. The Morgan fingerprint density at radius 2 is 1.58 bits per heavy atom. The molecule has 11 heteroatoms. The minimum atomic E-state index is -5.77. The minimum absolute atomic E-state index is 0.0967. The van der Waals surface area contributed by atoms with Crippen molar-refractivity contribution in [3.63, 3.8) is 0 Å². The number of nitrogens with zero attached hydrogens (tertiary/aromatic N) is 3. The molecule has 0 aliphatic carbocycles. The molecule has 0 atom stereocenters. The zero-order valence-corrected chi connectivity index (χ0v) is 16.9. The maximum absolute atomic E-state index is 13.2. The van der Waals surface area contributed by atoms with Crippen molar-refractivity contribution in [2.75, 3.05) is 6.61 Å². The normalized spacial score (nSPS) is 12.3. The number of aromatic nitrogens is 3. The van der Waals surface area contributed by atoms with Crippen LogP contribution in [0.25, 0.3) is 28.0 Å². The molecule has 0 aliphatic rings. The van der Waals surface area contributed by atoms with E-state index in [-0.39, 0.29) is 17.1 Å². The standard InChI is InChI=1S/C22H15F6N3O2/c1-30-19(33-12-21(24,25)22(26,27)28)9-7-16(20(30)32)17-11-31-10-14(4-8-18(31)29-17)13-2-5-15(23)6-3-13/h2-11H,12H2,1H3. The Morgan fingerprint density at radius 1 is 0.909 bits per heavy atom. The van der Waals surface area contributed by atoms with Crippen molar-refractivity contribution in [1.82, 2.24) is 14.0 Å². The number of fused-ring (bicyclic) bond motifs is 1. The van der Waals surface area contributed by atoms with Crippen molar-refractivity contribution >= 4 is 5.65 Å². The van der Waals surface area contributed by atoms with Crippen LogP contribution in [0.15, 0.2) is 65.7 Å². The molecular weight excluding hydrogens is 452 g/mol. The number of benzene rings is 1. The van der Waals surface area contributed by atoms with Gasteiger partial charge in [-0.05, 0) is 47.5 Å². The van der Waals surface area contributed by atoms with Crippen molar-refractivity contribution in [3.05, 3.63) is 77.1 Å². The second-order valence-corrected chi connectivity index (χ2v) is 7.26. The molecule has 4 aromatic rings. The fourth-order valence-electron chi connectivity index (χ4n) is 3.14. The zero-order chi connectivity index (χ0) is 24.0. The number of halogens is 6. The highest BCUT2D eigenvalue weighted by Crippen LogP contribution is 2.35. The van der Waals surface area contributed by atoms with E-state index in [0.717, 1.165) is 21.8 Å². The highest BCUT2D eigenvalue weighted by atomic mass is 19.4. The molecule has 4 rings (SSSR count). The van der Waals surface area contributed by atoms with Gasteiger partial charge in [-0.1, -0.05) is 12.1 Å². The molecule has 0 bridgehead atoms. The predicted molar refractivity (Wildman–Crippen MR) is 108 cm³/mol. The van der Waals surface area contributed by atoms with Gasteiger partial charge in [-0.3, -0.25) is 9.36 Å². The van der Waals surface area contributed by atoms with E-state index in [0.29, 0.717) is 5.65 Å². The van der Waals surface area contributed by atoms with Gasteiger partial charge in [0, 0.05) is 19.4 Å². The van der Waals surface area contributed by atoms with Crippen molar-refractivity contribution in [2.24, 2.45) is 7.05 Å². The smallest absolute Gasteiger partial charge is 0.456 e. The van der Waals surface area contributed by atoms with Crippen LogP contribution in [-0.2, 0) is 7.05 Å². The van der Waals surface area contributed by atoms with Gasteiger partial charge in [-0.2, -0.15) is 22.0 Å². The Hall–Kier alpha value is -3.76. The van der Waals surface area contributed by atoms with Gasteiger partial charge < -0.3 is 9.14 Å². The lowest BCUT2D eigenvalue weighted by Gasteiger charge is -2.20. The van der Waals surface area contributed by atoms with E-state index in [4.69, 9.17) is 0 Å². The molecule has 0 radical (unpaired) electrons. The van der Waals surface area contributed by atoms with E-state index in [2.05, 4.69) is 9.72 Å². The molecule has 0 aliphatic heterocycles. The number of alkyl halides is 5. The molecule has 172 valence electrons. The number of hydrogen-bond acceptors (Lipinski definition) is 3. The Labute approximate surface area is 182 Å². The number of imidazole rings is 1. The van der Waals surface area contributed by atoms with Crippen molar-refractivity contribution in [2.45, 2.75) is 12.1 Å². The predicted octanol–water partition coefficient (Wildman–Crippen LogP) is 5.08. The first-order valence-corrected chi connectivity index (χ1v) is 9.49. The topological polar surface area (TPSA) is 48.5 Å². The van der Waals surface area contributed by atoms with Crippen LogP contribution in [0.3, 0.4) is 0 Å². The summed E-state index contributed by atoms with van der Waals surface area (Å²) in [4.78, 5) is 17.1. The molecular formula is C22H15F6N3O2. The van der Waals surface area contributed by atoms with Crippen LogP contribution >= 0.6 is 0 Å². The molecule has 0 fully saturated rings. The first-order valence-electron chi connectivity index (χ1n) is 9.49. The molecule has 33 heavy (non-hydrogen) atoms. The summed E-state index contributed by atoms with van der Waals surface area (Å²) in [6, 6.07) is 11.7. The largest absolute Gasteiger partial charge is 0.472 e. The third-order valence-corrected chi connectivity index (χ3v) is 4.98. The van der Waals surface area contributed by atoms with E-state index < -0.39 is 30.1 Å². The van der Waals surface area contributed by atoms with E-state index in [1.165, 1.54) is 25.2 Å². The Morgan fingerprint density at radius 3 is 2.24 bits per heavy atom. The lowest BCUT2D eigenvalue weighted by atomic mass is 10.1. The average Bonchev–Trinajstić information content (AvgIpc) is 3.17. The van der Waals surface area contributed by atoms with E-state index >= 15 is 0 Å². The van der Waals surface area contributed by atoms with Crippen molar-refractivity contribution in [3.8, 4) is 28.3 Å². The molecule has 3 heterocycles. The molecule has 0 N–H and O–H groups in total. The van der Waals surface area contributed by atoms with Crippen LogP contribution in [0.4, 0.5) is 26.3 Å². The van der Waals surface area contributed by atoms with Crippen LogP contribution < -0.4 is 10.3 Å². The fraction of sp³-hybridized carbons (Fsp3) is 0.182. The molecule has 0 spiro atoms. The van der Waals surface area contributed by atoms with Gasteiger partial charge in [0.25, 0.3) is 5.56 Å². The first-order chi connectivity index (χ1) is 15.5. The van der Waals surface area contributed by atoms with Crippen LogP contribution in [0.2, 0.25) is 0 Å². The molecule has 0 saturated carbocycles. The van der Waals surface area contributed by atoms with Crippen LogP contribution in [-0.4, -0.2) is 32.7 Å². The Bertz CT molecular complexity index is 1370. The average molecular weight is 467 g/mol. The zero-order valence-electron chi connectivity index (χ0n) is 16.9. The van der Waals surface area contributed by atoms with Gasteiger partial charge in [0.05, 0.1) is 11.3 Å². The minimum Gasteiger partial charge on any atom is -0.472 e. The van der Waals surface area contributed by atoms with Crippen molar-refractivity contribution in [1.29, 1.82) is 0 Å². The quantitative estimate of drug-likeness (QED) is 0.385. The monoisotopic (exact) mass is 467 g/mol. The summed E-state index contributed by atoms with van der Waals surface area (Å²) in [5.41, 5.74) is 1.71.